The van der Waals surface area contributed by atoms with E-state index in [4.69, 9.17) is 5.26 Å². The molecule has 12 heavy (non-hydrogen) atoms. The molecule has 1 N–H and O–H groups in total. The molecule has 1 rings (SSSR count). The summed E-state index contributed by atoms with van der Waals surface area (Å²) in [6, 6.07) is 2.79. The SMILES string of the molecule is CN1CCC(NCCC#N)CC1. The third-order valence-electron chi connectivity index (χ3n) is 2.39. The number of hydrogen-bond acceptors (Lipinski definition) is 3. The van der Waals surface area contributed by atoms with Crippen molar-refractivity contribution < 1.29 is 0 Å². The van der Waals surface area contributed by atoms with Gasteiger partial charge < -0.3 is 10.2 Å². The lowest BCUT2D eigenvalue weighted by atomic mass is 10.1. The molecular formula is C9H17N3. The van der Waals surface area contributed by atoms with Gasteiger partial charge in [-0.1, -0.05) is 0 Å². The van der Waals surface area contributed by atoms with Crippen LogP contribution in [0.5, 0.6) is 0 Å². The lowest BCUT2D eigenvalue weighted by molar-refractivity contribution is 0.235. The summed E-state index contributed by atoms with van der Waals surface area (Å²) < 4.78 is 0. The highest BCUT2D eigenvalue weighted by Crippen LogP contribution is 2.07. The van der Waals surface area contributed by atoms with Gasteiger partial charge in [-0.3, -0.25) is 0 Å². The molecule has 0 saturated carbocycles. The summed E-state index contributed by atoms with van der Waals surface area (Å²) in [5.74, 6) is 0. The molecule has 0 amide bonds. The molecule has 0 radical (unpaired) electrons. The van der Waals surface area contributed by atoms with Gasteiger partial charge in [-0.2, -0.15) is 5.26 Å². The monoisotopic (exact) mass is 167 g/mol. The molecule has 68 valence electrons. The first kappa shape index (κ1) is 9.50. The van der Waals surface area contributed by atoms with E-state index in [1.165, 1.54) is 25.9 Å². The molecule has 0 unspecified atom stereocenters. The summed E-state index contributed by atoms with van der Waals surface area (Å²) in [6.07, 6.45) is 3.08. The topological polar surface area (TPSA) is 39.1 Å². The van der Waals surface area contributed by atoms with E-state index >= 15 is 0 Å². The second-order valence-electron chi connectivity index (χ2n) is 3.44. The normalized spacial score (nSPS) is 20.7. The Morgan fingerprint density at radius 2 is 2.17 bits per heavy atom. The maximum Gasteiger partial charge on any atom is 0.0635 e. The number of hydrogen-bond donors (Lipinski definition) is 1. The van der Waals surface area contributed by atoms with E-state index in [1.54, 1.807) is 0 Å². The van der Waals surface area contributed by atoms with Gasteiger partial charge in [0.1, 0.15) is 0 Å². The first-order chi connectivity index (χ1) is 5.83. The largest absolute Gasteiger partial charge is 0.313 e. The number of likely N-dealkylation sites (tertiary alicyclic amines) is 1. The van der Waals surface area contributed by atoms with Gasteiger partial charge in [0, 0.05) is 19.0 Å². The highest BCUT2D eigenvalue weighted by Gasteiger charge is 2.14. The Morgan fingerprint density at radius 3 is 2.75 bits per heavy atom. The zero-order valence-electron chi connectivity index (χ0n) is 7.71. The Kier molecular flexibility index (Phi) is 4.06. The highest BCUT2D eigenvalue weighted by molar-refractivity contribution is 4.78. The van der Waals surface area contributed by atoms with Gasteiger partial charge in [0.2, 0.25) is 0 Å². The van der Waals surface area contributed by atoms with Crippen molar-refractivity contribution in [1.29, 1.82) is 5.26 Å². The predicted molar refractivity (Wildman–Crippen MR) is 48.8 cm³/mol. The Bertz CT molecular complexity index is 154. The molecule has 0 atom stereocenters. The predicted octanol–water partition coefficient (Wildman–Crippen LogP) is 0.584. The Labute approximate surface area is 74.4 Å². The zero-order chi connectivity index (χ0) is 8.81. The number of nitrogens with one attached hydrogen (secondary N) is 1. The third-order valence-corrected chi connectivity index (χ3v) is 2.39. The van der Waals surface area contributed by atoms with E-state index < -0.39 is 0 Å². The van der Waals surface area contributed by atoms with Crippen molar-refractivity contribution in [3.05, 3.63) is 0 Å². The molecule has 1 aliphatic heterocycles. The molecule has 1 heterocycles. The molecule has 1 fully saturated rings. The lowest BCUT2D eigenvalue weighted by Gasteiger charge is -2.29. The van der Waals surface area contributed by atoms with E-state index in [2.05, 4.69) is 23.3 Å². The number of piperidine rings is 1. The van der Waals surface area contributed by atoms with E-state index in [0.29, 0.717) is 12.5 Å². The van der Waals surface area contributed by atoms with E-state index in [1.807, 2.05) is 0 Å². The third kappa shape index (κ3) is 3.21. The van der Waals surface area contributed by atoms with Crippen LogP contribution >= 0.6 is 0 Å². The smallest absolute Gasteiger partial charge is 0.0635 e. The first-order valence-corrected chi connectivity index (χ1v) is 4.62. The van der Waals surface area contributed by atoms with Crippen LogP contribution in [0.3, 0.4) is 0 Å². The molecule has 3 nitrogen and oxygen atoms in total. The fraction of sp³-hybridized carbons (Fsp3) is 0.889. The summed E-state index contributed by atoms with van der Waals surface area (Å²) in [7, 11) is 2.16. The van der Waals surface area contributed by atoms with Crippen LogP contribution in [0.15, 0.2) is 0 Å². The van der Waals surface area contributed by atoms with Gasteiger partial charge in [-0.15, -0.1) is 0 Å². The van der Waals surface area contributed by atoms with Gasteiger partial charge >= 0.3 is 0 Å². The average Bonchev–Trinajstić information content (AvgIpc) is 2.09. The number of nitriles is 1. The first-order valence-electron chi connectivity index (χ1n) is 4.62. The van der Waals surface area contributed by atoms with Gasteiger partial charge in [-0.25, -0.2) is 0 Å². The van der Waals surface area contributed by atoms with Gasteiger partial charge in [0.15, 0.2) is 0 Å². The Morgan fingerprint density at radius 1 is 1.50 bits per heavy atom. The molecule has 0 aromatic carbocycles. The van der Waals surface area contributed by atoms with E-state index in [0.717, 1.165) is 6.54 Å². The Balaban J connectivity index is 2.06. The molecule has 1 aliphatic rings. The summed E-state index contributed by atoms with van der Waals surface area (Å²) in [5.41, 5.74) is 0. The summed E-state index contributed by atoms with van der Waals surface area (Å²) in [4.78, 5) is 2.35. The molecule has 0 spiro atoms. The van der Waals surface area contributed by atoms with Crippen molar-refractivity contribution in [3.8, 4) is 6.07 Å². The maximum absolute atomic E-state index is 8.34. The fourth-order valence-electron chi connectivity index (χ4n) is 1.54. The zero-order valence-corrected chi connectivity index (χ0v) is 7.71. The minimum absolute atomic E-state index is 0.631. The molecule has 0 aromatic heterocycles. The van der Waals surface area contributed by atoms with Crippen molar-refractivity contribution in [2.24, 2.45) is 0 Å². The minimum Gasteiger partial charge on any atom is -0.313 e. The quantitative estimate of drug-likeness (QED) is 0.625. The minimum atomic E-state index is 0.631. The van der Waals surface area contributed by atoms with Crippen LogP contribution in [0.4, 0.5) is 0 Å². The van der Waals surface area contributed by atoms with Crippen molar-refractivity contribution >= 4 is 0 Å². The van der Waals surface area contributed by atoms with Crippen LogP contribution in [0.1, 0.15) is 19.3 Å². The van der Waals surface area contributed by atoms with Crippen LogP contribution in [-0.2, 0) is 0 Å². The second-order valence-corrected chi connectivity index (χ2v) is 3.44. The average molecular weight is 167 g/mol. The molecule has 0 bridgehead atoms. The van der Waals surface area contributed by atoms with Gasteiger partial charge in [-0.05, 0) is 33.0 Å². The van der Waals surface area contributed by atoms with Crippen molar-refractivity contribution in [2.45, 2.75) is 25.3 Å². The standard InChI is InChI=1S/C9H17N3/c1-12-7-3-9(4-8-12)11-6-2-5-10/h9,11H,2-4,6-8H2,1H3. The summed E-state index contributed by atoms with van der Waals surface area (Å²) >= 11 is 0. The Hall–Kier alpha value is -0.590. The van der Waals surface area contributed by atoms with Crippen LogP contribution in [0, 0.1) is 11.3 Å². The van der Waals surface area contributed by atoms with Crippen molar-refractivity contribution in [2.75, 3.05) is 26.7 Å². The highest BCUT2D eigenvalue weighted by atomic mass is 15.1. The van der Waals surface area contributed by atoms with Crippen LogP contribution in [0.25, 0.3) is 0 Å². The van der Waals surface area contributed by atoms with Crippen LogP contribution in [-0.4, -0.2) is 37.6 Å². The molecule has 0 aliphatic carbocycles. The van der Waals surface area contributed by atoms with Gasteiger partial charge in [0.25, 0.3) is 0 Å². The van der Waals surface area contributed by atoms with Crippen LogP contribution < -0.4 is 5.32 Å². The second kappa shape index (κ2) is 5.13. The molecule has 1 saturated heterocycles. The maximum atomic E-state index is 8.34. The molecule has 0 aromatic rings. The molecule has 3 heteroatoms. The van der Waals surface area contributed by atoms with Crippen molar-refractivity contribution in [1.82, 2.24) is 10.2 Å². The van der Waals surface area contributed by atoms with Crippen molar-refractivity contribution in [3.63, 3.8) is 0 Å². The summed E-state index contributed by atoms with van der Waals surface area (Å²) in [5, 5.41) is 11.7. The van der Waals surface area contributed by atoms with Crippen LogP contribution in [0.2, 0.25) is 0 Å². The molecular weight excluding hydrogens is 150 g/mol. The summed E-state index contributed by atoms with van der Waals surface area (Å²) in [6.45, 7) is 3.22. The number of rotatable bonds is 3. The lowest BCUT2D eigenvalue weighted by Crippen LogP contribution is -2.41. The number of nitrogens with zero attached hydrogens (tertiary/aromatic N) is 2. The van der Waals surface area contributed by atoms with E-state index in [9.17, 15) is 0 Å². The fourth-order valence-corrected chi connectivity index (χ4v) is 1.54. The van der Waals surface area contributed by atoms with E-state index in [-0.39, 0.29) is 0 Å². The van der Waals surface area contributed by atoms with Gasteiger partial charge in [0.05, 0.1) is 6.07 Å².